The molecular formula is C42H35N7O13S3. The maximum Gasteiger partial charge on any atom is 0.295 e. The molecule has 0 saturated carbocycles. The van der Waals surface area contributed by atoms with Gasteiger partial charge in [-0.3, -0.25) is 4.55 Å². The van der Waals surface area contributed by atoms with Crippen molar-refractivity contribution in [3.8, 4) is 23.0 Å². The van der Waals surface area contributed by atoms with Crippen molar-refractivity contribution in [2.24, 2.45) is 30.7 Å². The summed E-state index contributed by atoms with van der Waals surface area (Å²) in [6, 6.07) is 29.2. The zero-order valence-electron chi connectivity index (χ0n) is 34.0. The van der Waals surface area contributed by atoms with Gasteiger partial charge in [0.15, 0.2) is 24.0 Å². The number of hydrogen-bond acceptors (Lipinski definition) is 21. The van der Waals surface area contributed by atoms with Crippen molar-refractivity contribution >= 4 is 95.6 Å². The fourth-order valence-corrected chi connectivity index (χ4v) is 8.02. The second-order valence-electron chi connectivity index (χ2n) is 13.6. The van der Waals surface area contributed by atoms with E-state index >= 15 is 0 Å². The van der Waals surface area contributed by atoms with Crippen molar-refractivity contribution in [1.82, 2.24) is 0 Å². The lowest BCUT2D eigenvalue weighted by molar-refractivity contribution is -0.432. The van der Waals surface area contributed by atoms with E-state index in [4.69, 9.17) is 24.3 Å². The minimum absolute atomic E-state index is 0.00435. The highest BCUT2D eigenvalue weighted by atomic mass is 32.2. The number of nitrogens with zero attached hydrogens (tertiary/aromatic N) is 6. The first kappa shape index (κ1) is 46.2. The number of phenols is 2. The first-order valence-corrected chi connectivity index (χ1v) is 21.6. The van der Waals surface area contributed by atoms with Crippen molar-refractivity contribution < 1.29 is 61.9 Å². The Labute approximate surface area is 377 Å². The summed E-state index contributed by atoms with van der Waals surface area (Å²) in [5.74, 6) is 0.388. The van der Waals surface area contributed by atoms with Gasteiger partial charge in [-0.15, -0.1) is 18.9 Å². The third kappa shape index (κ3) is 11.3. The second kappa shape index (κ2) is 20.8. The molecule has 0 radical (unpaired) electrons. The van der Waals surface area contributed by atoms with Gasteiger partial charge in [-0.05, 0) is 121 Å². The fraction of sp³-hybridized carbons (Fsp3) is 0.0952. The minimum atomic E-state index is -4.65. The van der Waals surface area contributed by atoms with Crippen LogP contribution in [-0.4, -0.2) is 47.5 Å². The Morgan fingerprint density at radius 2 is 1.35 bits per heavy atom. The van der Waals surface area contributed by atoms with Gasteiger partial charge in [0, 0.05) is 27.4 Å². The fourth-order valence-electron chi connectivity index (χ4n) is 6.27. The molecule has 23 heteroatoms. The number of aromatic hydroxyl groups is 2. The quantitative estimate of drug-likeness (QED) is 0.0116. The van der Waals surface area contributed by atoms with Crippen LogP contribution in [0.5, 0.6) is 23.0 Å². The Morgan fingerprint density at radius 1 is 0.646 bits per heavy atom. The molecule has 7 aromatic carbocycles. The van der Waals surface area contributed by atoms with E-state index in [1.54, 1.807) is 97.9 Å². The average molecular weight is 942 g/mol. The standard InChI is InChI=1S/C42H35N7O13S3/c1-23-14-28(11-13-33(23)46-45-29-9-8-25-17-30(63-61-59-52)20-40(32(25)19-29)65(54,55)56)44-47-34-21-38(57-3)35(15-24(34)2)48-49-41-39(64-62-60-53)18-26-16-27(10-12-31(26)42(41)51)43-22-58-37-7-5-4-6-36(37)50/h4-21,43,50-53H,22H2,1-3H3,(H,54,55,56). The zero-order chi connectivity index (χ0) is 46.1. The third-order valence-electron chi connectivity index (χ3n) is 9.37. The van der Waals surface area contributed by atoms with Crippen LogP contribution in [0.25, 0.3) is 21.5 Å². The molecular weight excluding hydrogens is 907 g/mol. The van der Waals surface area contributed by atoms with E-state index in [0.717, 1.165) is 6.07 Å². The Balaban J connectivity index is 1.07. The number of ether oxygens (including phenoxy) is 2. The molecule has 0 bridgehead atoms. The Bertz CT molecular complexity index is 3100. The van der Waals surface area contributed by atoms with Crippen LogP contribution in [0.15, 0.2) is 155 Å². The van der Waals surface area contributed by atoms with Gasteiger partial charge in [0.25, 0.3) is 10.1 Å². The van der Waals surface area contributed by atoms with Gasteiger partial charge in [0.05, 0.1) is 58.8 Å². The van der Waals surface area contributed by atoms with E-state index in [0.29, 0.717) is 97.0 Å². The lowest BCUT2D eigenvalue weighted by Crippen LogP contribution is -2.08. The molecule has 0 amide bonds. The molecule has 65 heavy (non-hydrogen) atoms. The van der Waals surface area contributed by atoms with Crippen molar-refractivity contribution in [2.45, 2.75) is 28.5 Å². The predicted molar refractivity (Wildman–Crippen MR) is 239 cm³/mol. The summed E-state index contributed by atoms with van der Waals surface area (Å²) in [4.78, 5) is 0.0933. The van der Waals surface area contributed by atoms with E-state index < -0.39 is 15.0 Å². The number of benzene rings is 7. The summed E-state index contributed by atoms with van der Waals surface area (Å²) in [6.45, 7) is 3.65. The molecule has 0 fully saturated rings. The zero-order valence-corrected chi connectivity index (χ0v) is 36.5. The Morgan fingerprint density at radius 3 is 2.09 bits per heavy atom. The number of azo groups is 3. The summed E-state index contributed by atoms with van der Waals surface area (Å²) < 4.78 is 54.5. The van der Waals surface area contributed by atoms with E-state index in [1.807, 2.05) is 6.92 Å². The largest absolute Gasteiger partial charge is 0.505 e. The molecule has 0 aliphatic rings. The van der Waals surface area contributed by atoms with Crippen LogP contribution in [0.3, 0.4) is 0 Å². The van der Waals surface area contributed by atoms with Gasteiger partial charge in [0.2, 0.25) is 0 Å². The molecule has 7 rings (SSSR count). The van der Waals surface area contributed by atoms with Crippen LogP contribution in [0.4, 0.5) is 39.8 Å². The summed E-state index contributed by atoms with van der Waals surface area (Å²) in [6.07, 6.45) is 0. The van der Waals surface area contributed by atoms with Gasteiger partial charge in [0.1, 0.15) is 22.0 Å². The molecule has 0 atom stereocenters. The van der Waals surface area contributed by atoms with Crippen molar-refractivity contribution in [3.63, 3.8) is 0 Å². The summed E-state index contributed by atoms with van der Waals surface area (Å²) >= 11 is 1.14. The second-order valence-corrected chi connectivity index (χ2v) is 16.5. The Hall–Kier alpha value is -6.77. The van der Waals surface area contributed by atoms with E-state index in [2.05, 4.69) is 50.4 Å². The van der Waals surface area contributed by atoms with Crippen LogP contribution >= 0.6 is 24.1 Å². The lowest BCUT2D eigenvalue weighted by Gasteiger charge is -2.13. The third-order valence-corrected chi connectivity index (χ3v) is 11.4. The van der Waals surface area contributed by atoms with Crippen LogP contribution in [0.1, 0.15) is 11.1 Å². The number of anilines is 1. The summed E-state index contributed by atoms with van der Waals surface area (Å²) in [5.41, 5.74) is 4.13. The molecule has 6 N–H and O–H groups in total. The molecule has 0 heterocycles. The average Bonchev–Trinajstić information content (AvgIpc) is 3.29. The highest BCUT2D eigenvalue weighted by Gasteiger charge is 2.19. The molecule has 0 aromatic heterocycles. The number of para-hydroxylation sites is 2. The van der Waals surface area contributed by atoms with E-state index in [9.17, 15) is 23.2 Å². The maximum absolute atomic E-state index is 12.2. The number of fused-ring (bicyclic) bond motifs is 2. The highest BCUT2D eigenvalue weighted by Crippen LogP contribution is 2.46. The first-order chi connectivity index (χ1) is 31.3. The lowest BCUT2D eigenvalue weighted by atomic mass is 10.1. The van der Waals surface area contributed by atoms with Gasteiger partial charge in [-0.25, -0.2) is 10.5 Å². The topological polar surface area (TPSA) is 277 Å². The van der Waals surface area contributed by atoms with Crippen LogP contribution in [0, 0.1) is 13.8 Å². The molecule has 334 valence electrons. The smallest absolute Gasteiger partial charge is 0.295 e. The monoisotopic (exact) mass is 941 g/mol. The van der Waals surface area contributed by atoms with Crippen LogP contribution in [-0.2, 0) is 28.9 Å². The van der Waals surface area contributed by atoms with E-state index in [-0.39, 0.29) is 39.1 Å². The molecule has 0 aliphatic carbocycles. The van der Waals surface area contributed by atoms with Crippen LogP contribution in [0.2, 0.25) is 0 Å². The molecule has 0 unspecified atom stereocenters. The molecule has 20 nitrogen and oxygen atoms in total. The summed E-state index contributed by atoms with van der Waals surface area (Å²) in [5, 5.41) is 76.9. The normalized spacial score (nSPS) is 12.0. The number of hydrogen-bond donors (Lipinski definition) is 6. The summed E-state index contributed by atoms with van der Waals surface area (Å²) in [7, 11) is -3.20. The minimum Gasteiger partial charge on any atom is -0.505 e. The number of phenolic OH excluding ortho intramolecular Hbond substituents is 2. The van der Waals surface area contributed by atoms with E-state index in [1.165, 1.54) is 19.2 Å². The van der Waals surface area contributed by atoms with Crippen molar-refractivity contribution in [2.75, 3.05) is 19.2 Å². The molecule has 0 saturated heterocycles. The maximum atomic E-state index is 12.2. The van der Waals surface area contributed by atoms with Gasteiger partial charge in [-0.2, -0.15) is 28.9 Å². The van der Waals surface area contributed by atoms with Gasteiger partial charge < -0.3 is 25.0 Å². The molecule has 0 aliphatic heterocycles. The van der Waals surface area contributed by atoms with Gasteiger partial charge >= 0.3 is 0 Å². The molecule has 0 spiro atoms. The number of rotatable bonds is 18. The SMILES string of the molecule is COc1cc(N=Nc2ccc(N=Nc3ccc4cc(SOOO)cc(S(=O)(=O)O)c4c3)c(C)c2)c(C)cc1N=Nc1c(SOOO)cc2cc(NCOc3ccccc3O)ccc2c1O. The predicted octanol–water partition coefficient (Wildman–Crippen LogP) is 12.8. The first-order valence-electron chi connectivity index (χ1n) is 18.7. The van der Waals surface area contributed by atoms with Crippen LogP contribution < -0.4 is 14.8 Å². The van der Waals surface area contributed by atoms with Gasteiger partial charge in [-0.1, -0.05) is 28.3 Å². The molecule has 7 aromatic rings. The number of aryl methyl sites for hydroxylation is 2. The van der Waals surface area contributed by atoms with Crippen molar-refractivity contribution in [3.05, 3.63) is 120 Å². The highest BCUT2D eigenvalue weighted by molar-refractivity contribution is 7.95. The number of methoxy groups -OCH3 is 1. The van der Waals surface area contributed by atoms with Crippen molar-refractivity contribution in [1.29, 1.82) is 0 Å². The number of nitrogens with one attached hydrogen (secondary N) is 1. The Kier molecular flexibility index (Phi) is 14.8.